The molecule has 26 heavy (non-hydrogen) atoms. The van der Waals surface area contributed by atoms with Crippen molar-refractivity contribution in [2.24, 2.45) is 0 Å². The number of benzene rings is 2. The lowest BCUT2D eigenvalue weighted by Crippen LogP contribution is -2.38. The van der Waals surface area contributed by atoms with Crippen LogP contribution in [0, 0.1) is 0 Å². The summed E-state index contributed by atoms with van der Waals surface area (Å²) < 4.78 is 5.86. The molecule has 2 aromatic rings. The van der Waals surface area contributed by atoms with Crippen LogP contribution < -0.4 is 15.4 Å². The molecule has 2 unspecified atom stereocenters. The van der Waals surface area contributed by atoms with E-state index in [4.69, 9.17) is 4.74 Å². The van der Waals surface area contributed by atoms with Gasteiger partial charge in [-0.05, 0) is 29.7 Å². The van der Waals surface area contributed by atoms with Crippen LogP contribution >= 0.6 is 11.8 Å². The Morgan fingerprint density at radius 1 is 0.885 bits per heavy atom. The zero-order valence-corrected chi connectivity index (χ0v) is 14.5. The second-order valence-electron chi connectivity index (χ2n) is 6.20. The van der Waals surface area contributed by atoms with Crippen LogP contribution in [-0.2, 0) is 22.4 Å². The first-order valence-electron chi connectivity index (χ1n) is 8.24. The molecule has 1 fully saturated rings. The number of hydrogen-bond acceptors (Lipinski definition) is 5. The lowest BCUT2D eigenvalue weighted by atomic mass is 10.0. The van der Waals surface area contributed by atoms with Crippen LogP contribution in [0.25, 0.3) is 0 Å². The van der Waals surface area contributed by atoms with Gasteiger partial charge in [-0.3, -0.25) is 19.7 Å². The van der Waals surface area contributed by atoms with Crippen molar-refractivity contribution in [2.45, 2.75) is 24.2 Å². The number of carbonyl (C=O) groups is 3. The van der Waals surface area contributed by atoms with E-state index in [1.54, 1.807) is 12.1 Å². The number of anilines is 1. The Morgan fingerprint density at radius 2 is 1.69 bits per heavy atom. The number of ether oxygens (including phenoxy) is 1. The van der Waals surface area contributed by atoms with Crippen LogP contribution in [0.5, 0.6) is 5.75 Å². The van der Waals surface area contributed by atoms with Crippen molar-refractivity contribution < 1.29 is 19.1 Å². The SMILES string of the molecule is O=C1NC(=O)C(Cc2ccc3c(c2)NC(=O)C(Cc2ccccc2)O3)S1. The summed E-state index contributed by atoms with van der Waals surface area (Å²) in [6.45, 7) is 0. The molecule has 2 aromatic carbocycles. The third-order valence-corrected chi connectivity index (χ3v) is 5.30. The number of carbonyl (C=O) groups excluding carboxylic acids is 3. The summed E-state index contributed by atoms with van der Waals surface area (Å²) in [4.78, 5) is 35.3. The van der Waals surface area contributed by atoms with E-state index in [9.17, 15) is 14.4 Å². The lowest BCUT2D eigenvalue weighted by Gasteiger charge is -2.26. The smallest absolute Gasteiger partial charge is 0.286 e. The summed E-state index contributed by atoms with van der Waals surface area (Å²) in [5.74, 6) is 0.136. The van der Waals surface area contributed by atoms with E-state index < -0.39 is 11.4 Å². The molecular weight excluding hydrogens is 352 g/mol. The maximum Gasteiger partial charge on any atom is 0.286 e. The van der Waals surface area contributed by atoms with Gasteiger partial charge in [-0.2, -0.15) is 0 Å². The molecule has 6 nitrogen and oxygen atoms in total. The van der Waals surface area contributed by atoms with Gasteiger partial charge in [0.05, 0.1) is 10.9 Å². The number of imide groups is 1. The molecule has 7 heteroatoms. The molecule has 2 N–H and O–H groups in total. The van der Waals surface area contributed by atoms with Gasteiger partial charge in [0, 0.05) is 6.42 Å². The average molecular weight is 368 g/mol. The second kappa shape index (κ2) is 6.84. The molecule has 132 valence electrons. The van der Waals surface area contributed by atoms with E-state index in [1.165, 1.54) is 0 Å². The van der Waals surface area contributed by atoms with Crippen LogP contribution in [0.15, 0.2) is 48.5 Å². The predicted molar refractivity (Wildman–Crippen MR) is 98.3 cm³/mol. The van der Waals surface area contributed by atoms with Crippen molar-refractivity contribution in [3.8, 4) is 5.75 Å². The number of fused-ring (bicyclic) bond motifs is 1. The van der Waals surface area contributed by atoms with Gasteiger partial charge in [0.2, 0.25) is 5.91 Å². The van der Waals surface area contributed by atoms with E-state index in [1.807, 2.05) is 36.4 Å². The second-order valence-corrected chi connectivity index (χ2v) is 7.38. The fraction of sp³-hybridized carbons (Fsp3) is 0.211. The van der Waals surface area contributed by atoms with Crippen LogP contribution in [0.4, 0.5) is 10.5 Å². The van der Waals surface area contributed by atoms with Crippen LogP contribution in [0.2, 0.25) is 0 Å². The largest absolute Gasteiger partial charge is 0.478 e. The van der Waals surface area contributed by atoms with Crippen molar-refractivity contribution >= 4 is 34.5 Å². The van der Waals surface area contributed by atoms with Crippen LogP contribution in [-0.4, -0.2) is 28.4 Å². The van der Waals surface area contributed by atoms with E-state index in [0.717, 1.165) is 22.9 Å². The average Bonchev–Trinajstić information content (AvgIpc) is 2.94. The summed E-state index contributed by atoms with van der Waals surface area (Å²) in [7, 11) is 0. The highest BCUT2D eigenvalue weighted by molar-refractivity contribution is 8.15. The lowest BCUT2D eigenvalue weighted by molar-refractivity contribution is -0.123. The molecule has 4 rings (SSSR count). The summed E-state index contributed by atoms with van der Waals surface area (Å²) in [6.07, 6.45) is 0.331. The fourth-order valence-electron chi connectivity index (χ4n) is 3.03. The molecule has 0 radical (unpaired) electrons. The molecule has 0 bridgehead atoms. The molecule has 2 atom stereocenters. The molecular formula is C19H16N2O4S. The van der Waals surface area contributed by atoms with Gasteiger partial charge < -0.3 is 10.1 Å². The Labute approximate surface area is 154 Å². The van der Waals surface area contributed by atoms with Crippen molar-refractivity contribution in [1.29, 1.82) is 0 Å². The molecule has 1 saturated heterocycles. The number of hydrogen-bond donors (Lipinski definition) is 2. The minimum atomic E-state index is -0.579. The van der Waals surface area contributed by atoms with Crippen molar-refractivity contribution in [2.75, 3.05) is 5.32 Å². The molecule has 0 aliphatic carbocycles. The Kier molecular flexibility index (Phi) is 4.38. The standard InChI is InChI=1S/C19H16N2O4S/c22-17-15(9-11-4-2-1-3-5-11)25-14-7-6-12(8-13(14)20-17)10-16-18(23)21-19(24)26-16/h1-8,15-16H,9-10H2,(H,20,22)(H,21,23,24). The Morgan fingerprint density at radius 3 is 2.42 bits per heavy atom. The molecule has 0 aromatic heterocycles. The minimum absolute atomic E-state index is 0.193. The summed E-state index contributed by atoms with van der Waals surface area (Å²) in [6, 6.07) is 15.1. The van der Waals surface area contributed by atoms with Gasteiger partial charge in [0.25, 0.3) is 11.1 Å². The first-order chi connectivity index (χ1) is 12.6. The third kappa shape index (κ3) is 3.43. The van der Waals surface area contributed by atoms with Gasteiger partial charge in [-0.25, -0.2) is 0 Å². The summed E-state index contributed by atoms with van der Waals surface area (Å²) >= 11 is 0.990. The normalized spacial score (nSPS) is 21.6. The summed E-state index contributed by atoms with van der Waals surface area (Å²) in [5.41, 5.74) is 2.48. The first kappa shape index (κ1) is 16.7. The number of thioether (sulfide) groups is 1. The first-order valence-corrected chi connectivity index (χ1v) is 9.12. The van der Waals surface area contributed by atoms with Crippen molar-refractivity contribution in [3.63, 3.8) is 0 Å². The maximum atomic E-state index is 12.4. The Balaban J connectivity index is 1.48. The topological polar surface area (TPSA) is 84.5 Å². The number of rotatable bonds is 4. The zero-order valence-electron chi connectivity index (χ0n) is 13.7. The molecule has 2 heterocycles. The molecule has 2 aliphatic heterocycles. The monoisotopic (exact) mass is 368 g/mol. The highest BCUT2D eigenvalue weighted by Gasteiger charge is 2.32. The molecule has 0 spiro atoms. The van der Waals surface area contributed by atoms with Gasteiger partial charge in [0.15, 0.2) is 6.10 Å². The third-order valence-electron chi connectivity index (χ3n) is 4.32. The van der Waals surface area contributed by atoms with Crippen LogP contribution in [0.1, 0.15) is 11.1 Å². The Bertz CT molecular complexity index is 884. The number of nitrogens with one attached hydrogen (secondary N) is 2. The number of amides is 3. The molecule has 3 amide bonds. The van der Waals surface area contributed by atoms with Crippen molar-refractivity contribution in [3.05, 3.63) is 59.7 Å². The van der Waals surface area contributed by atoms with Gasteiger partial charge in [-0.1, -0.05) is 48.2 Å². The maximum absolute atomic E-state index is 12.4. The van der Waals surface area contributed by atoms with E-state index in [0.29, 0.717) is 24.3 Å². The highest BCUT2D eigenvalue weighted by Crippen LogP contribution is 2.33. The fourth-order valence-corrected chi connectivity index (χ4v) is 3.89. The van der Waals surface area contributed by atoms with Gasteiger partial charge in [-0.15, -0.1) is 0 Å². The quantitative estimate of drug-likeness (QED) is 0.866. The van der Waals surface area contributed by atoms with Crippen LogP contribution in [0.3, 0.4) is 0 Å². The van der Waals surface area contributed by atoms with E-state index in [-0.39, 0.29) is 17.1 Å². The Hall–Kier alpha value is -2.80. The summed E-state index contributed by atoms with van der Waals surface area (Å²) in [5, 5.41) is 4.39. The van der Waals surface area contributed by atoms with E-state index >= 15 is 0 Å². The predicted octanol–water partition coefficient (Wildman–Crippen LogP) is 2.52. The van der Waals surface area contributed by atoms with E-state index in [2.05, 4.69) is 10.6 Å². The highest BCUT2D eigenvalue weighted by atomic mass is 32.2. The minimum Gasteiger partial charge on any atom is -0.478 e. The zero-order chi connectivity index (χ0) is 18.1. The van der Waals surface area contributed by atoms with Gasteiger partial charge >= 0.3 is 0 Å². The van der Waals surface area contributed by atoms with Crippen molar-refractivity contribution in [1.82, 2.24) is 5.32 Å². The van der Waals surface area contributed by atoms with Gasteiger partial charge in [0.1, 0.15) is 5.75 Å². The molecule has 2 aliphatic rings. The molecule has 0 saturated carbocycles.